The molecule has 1 aromatic carbocycles. The van der Waals surface area contributed by atoms with Crippen LogP contribution in [-0.2, 0) is 20.8 Å². The van der Waals surface area contributed by atoms with Gasteiger partial charge >= 0.3 is 12.1 Å². The highest BCUT2D eigenvalue weighted by Gasteiger charge is 2.34. The van der Waals surface area contributed by atoms with E-state index in [4.69, 9.17) is 5.11 Å². The van der Waals surface area contributed by atoms with E-state index < -0.39 is 32.4 Å². The summed E-state index contributed by atoms with van der Waals surface area (Å²) in [5.41, 5.74) is -1.50. The van der Waals surface area contributed by atoms with E-state index in [1.165, 1.54) is 0 Å². The zero-order valence-electron chi connectivity index (χ0n) is 10.4. The first-order chi connectivity index (χ1) is 9.01. The van der Waals surface area contributed by atoms with Gasteiger partial charge in [0.15, 0.2) is 9.84 Å². The van der Waals surface area contributed by atoms with Gasteiger partial charge in [0, 0.05) is 18.5 Å². The Morgan fingerprint density at radius 3 is 2.40 bits per heavy atom. The van der Waals surface area contributed by atoms with E-state index in [-0.39, 0.29) is 18.7 Å². The van der Waals surface area contributed by atoms with E-state index >= 15 is 0 Å². The molecule has 0 radical (unpaired) electrons. The summed E-state index contributed by atoms with van der Waals surface area (Å²) in [6.07, 6.45) is -4.29. The van der Waals surface area contributed by atoms with E-state index in [0.29, 0.717) is 6.07 Å². The summed E-state index contributed by atoms with van der Waals surface area (Å²) < 4.78 is 61.1. The van der Waals surface area contributed by atoms with Gasteiger partial charge in [-0.1, -0.05) is 0 Å². The van der Waals surface area contributed by atoms with Crippen molar-refractivity contribution in [2.45, 2.75) is 17.5 Å². The van der Waals surface area contributed by atoms with Crippen molar-refractivity contribution in [3.63, 3.8) is 0 Å². The third kappa shape index (κ3) is 4.41. The first-order valence-corrected chi connectivity index (χ1v) is 7.28. The van der Waals surface area contributed by atoms with Crippen molar-refractivity contribution in [2.75, 3.05) is 18.1 Å². The van der Waals surface area contributed by atoms with E-state index in [1.807, 2.05) is 0 Å². The number of sulfone groups is 1. The zero-order valence-corrected chi connectivity index (χ0v) is 11.2. The van der Waals surface area contributed by atoms with Gasteiger partial charge in [0.1, 0.15) is 0 Å². The molecule has 0 aliphatic heterocycles. The van der Waals surface area contributed by atoms with Crippen LogP contribution in [0.3, 0.4) is 0 Å². The monoisotopic (exact) mass is 311 g/mol. The van der Waals surface area contributed by atoms with Gasteiger partial charge in [-0.25, -0.2) is 8.42 Å². The summed E-state index contributed by atoms with van der Waals surface area (Å²) in [5, 5.41) is 10.8. The Kier molecular flexibility index (Phi) is 4.64. The maximum atomic E-state index is 12.9. The van der Waals surface area contributed by atoms with Gasteiger partial charge in [-0.2, -0.15) is 13.2 Å². The summed E-state index contributed by atoms with van der Waals surface area (Å²) in [7, 11) is -3.76. The second-order valence-electron chi connectivity index (χ2n) is 4.05. The molecule has 0 heterocycles. The SMILES string of the molecule is CS(=O)(=O)c1ccc(NCCC(=O)O)c(C(F)(F)F)c1. The van der Waals surface area contributed by atoms with Crippen LogP contribution in [-0.4, -0.2) is 32.3 Å². The Bertz CT molecular complexity index is 611. The minimum atomic E-state index is -4.74. The molecule has 20 heavy (non-hydrogen) atoms. The smallest absolute Gasteiger partial charge is 0.418 e. The van der Waals surface area contributed by atoms with Crippen molar-refractivity contribution in [3.8, 4) is 0 Å². The Balaban J connectivity index is 3.15. The molecule has 0 fully saturated rings. The van der Waals surface area contributed by atoms with Crippen LogP contribution in [0.5, 0.6) is 0 Å². The van der Waals surface area contributed by atoms with Gasteiger partial charge in [0.25, 0.3) is 0 Å². The van der Waals surface area contributed by atoms with Gasteiger partial charge in [0.2, 0.25) is 0 Å². The molecule has 5 nitrogen and oxygen atoms in total. The lowest BCUT2D eigenvalue weighted by atomic mass is 10.1. The Hall–Kier alpha value is -1.77. The van der Waals surface area contributed by atoms with E-state index in [1.54, 1.807) is 0 Å². The Morgan fingerprint density at radius 2 is 1.95 bits per heavy atom. The van der Waals surface area contributed by atoms with Gasteiger partial charge < -0.3 is 10.4 Å². The number of halogens is 3. The van der Waals surface area contributed by atoms with Crippen LogP contribution in [0.1, 0.15) is 12.0 Å². The minimum Gasteiger partial charge on any atom is -0.481 e. The maximum absolute atomic E-state index is 12.9. The summed E-state index contributed by atoms with van der Waals surface area (Å²) in [4.78, 5) is 9.87. The van der Waals surface area contributed by atoms with Crippen molar-refractivity contribution in [1.29, 1.82) is 0 Å². The number of carbonyl (C=O) groups is 1. The molecule has 9 heteroatoms. The average Bonchev–Trinajstić information content (AvgIpc) is 2.25. The van der Waals surface area contributed by atoms with Crippen molar-refractivity contribution in [2.24, 2.45) is 0 Å². The summed E-state index contributed by atoms with van der Waals surface area (Å²) in [5.74, 6) is -1.15. The topological polar surface area (TPSA) is 83.5 Å². The fourth-order valence-corrected chi connectivity index (χ4v) is 2.09. The number of rotatable bonds is 5. The fraction of sp³-hybridized carbons (Fsp3) is 0.364. The largest absolute Gasteiger partial charge is 0.481 e. The lowest BCUT2D eigenvalue weighted by Crippen LogP contribution is -2.14. The number of anilines is 1. The zero-order chi connectivity index (χ0) is 15.6. The van der Waals surface area contributed by atoms with Crippen molar-refractivity contribution in [1.82, 2.24) is 0 Å². The molecular formula is C11H12F3NO4S. The Morgan fingerprint density at radius 1 is 1.35 bits per heavy atom. The quantitative estimate of drug-likeness (QED) is 0.869. The van der Waals surface area contributed by atoms with Crippen LogP contribution in [0.4, 0.5) is 18.9 Å². The molecule has 0 aliphatic carbocycles. The van der Waals surface area contributed by atoms with Crippen LogP contribution in [0.15, 0.2) is 23.1 Å². The highest BCUT2D eigenvalue weighted by Crippen LogP contribution is 2.36. The molecule has 0 aromatic heterocycles. The van der Waals surface area contributed by atoms with Crippen LogP contribution in [0, 0.1) is 0 Å². The number of carboxylic acids is 1. The highest BCUT2D eigenvalue weighted by atomic mass is 32.2. The molecule has 112 valence electrons. The summed E-state index contributed by atoms with van der Waals surface area (Å²) in [6.45, 7) is -0.198. The van der Waals surface area contributed by atoms with Gasteiger partial charge in [-0.3, -0.25) is 4.79 Å². The second-order valence-corrected chi connectivity index (χ2v) is 6.06. The minimum absolute atomic E-state index is 0.198. The molecule has 0 spiro atoms. The molecule has 0 saturated heterocycles. The number of benzene rings is 1. The predicted octanol–water partition coefficient (Wildman–Crippen LogP) is 2.00. The van der Waals surface area contributed by atoms with E-state index in [0.717, 1.165) is 18.4 Å². The highest BCUT2D eigenvalue weighted by molar-refractivity contribution is 7.90. The lowest BCUT2D eigenvalue weighted by Gasteiger charge is -2.15. The van der Waals surface area contributed by atoms with Crippen LogP contribution in [0.25, 0.3) is 0 Å². The van der Waals surface area contributed by atoms with Gasteiger partial charge in [-0.15, -0.1) is 0 Å². The molecule has 0 saturated carbocycles. The molecule has 0 unspecified atom stereocenters. The molecule has 2 N–H and O–H groups in total. The second kappa shape index (κ2) is 5.70. The summed E-state index contributed by atoms with van der Waals surface area (Å²) >= 11 is 0. The van der Waals surface area contributed by atoms with Crippen LogP contribution < -0.4 is 5.32 Å². The normalized spacial score (nSPS) is 12.2. The molecule has 0 bridgehead atoms. The van der Waals surface area contributed by atoms with E-state index in [2.05, 4.69) is 5.32 Å². The number of alkyl halides is 3. The Labute approximate surface area is 113 Å². The molecule has 0 amide bonds. The van der Waals surface area contributed by atoms with Gasteiger partial charge in [-0.05, 0) is 18.2 Å². The molecular weight excluding hydrogens is 299 g/mol. The number of hydrogen-bond donors (Lipinski definition) is 2. The first kappa shape index (κ1) is 16.3. The molecule has 0 atom stereocenters. The van der Waals surface area contributed by atoms with Crippen molar-refractivity contribution < 1.29 is 31.5 Å². The lowest BCUT2D eigenvalue weighted by molar-refractivity contribution is -0.137. The number of nitrogens with one attached hydrogen (secondary N) is 1. The van der Waals surface area contributed by atoms with E-state index in [9.17, 15) is 26.4 Å². The van der Waals surface area contributed by atoms with Crippen LogP contribution >= 0.6 is 0 Å². The molecule has 0 aliphatic rings. The standard InChI is InChI=1S/C11H12F3NO4S/c1-20(18,19)7-2-3-9(15-5-4-10(16)17)8(6-7)11(12,13)14/h2-3,6,15H,4-5H2,1H3,(H,16,17). The average molecular weight is 311 g/mol. The number of carboxylic acid groups (broad SMARTS) is 1. The maximum Gasteiger partial charge on any atom is 0.418 e. The fourth-order valence-electron chi connectivity index (χ4n) is 1.45. The van der Waals surface area contributed by atoms with Gasteiger partial charge in [0.05, 0.1) is 16.9 Å². The predicted molar refractivity (Wildman–Crippen MR) is 65.3 cm³/mol. The van der Waals surface area contributed by atoms with Crippen molar-refractivity contribution in [3.05, 3.63) is 23.8 Å². The van der Waals surface area contributed by atoms with Crippen molar-refractivity contribution >= 4 is 21.5 Å². The van der Waals surface area contributed by atoms with Crippen LogP contribution in [0.2, 0.25) is 0 Å². The molecule has 1 rings (SSSR count). The summed E-state index contributed by atoms with van der Waals surface area (Å²) in [6, 6.07) is 2.53. The third-order valence-electron chi connectivity index (χ3n) is 2.38. The number of aliphatic carboxylic acids is 1. The third-order valence-corrected chi connectivity index (χ3v) is 3.49. The number of hydrogen-bond acceptors (Lipinski definition) is 4. The first-order valence-electron chi connectivity index (χ1n) is 5.39. The molecule has 1 aromatic rings.